The summed E-state index contributed by atoms with van der Waals surface area (Å²) in [7, 11) is 3.36. The minimum absolute atomic E-state index is 0.113. The molecule has 0 bridgehead atoms. The van der Waals surface area contributed by atoms with Crippen molar-refractivity contribution in [3.05, 3.63) is 0 Å². The Bertz CT molecular complexity index is 114. The van der Waals surface area contributed by atoms with Gasteiger partial charge >= 0.3 is 6.03 Å². The van der Waals surface area contributed by atoms with Gasteiger partial charge in [0.2, 0.25) is 0 Å². The van der Waals surface area contributed by atoms with Gasteiger partial charge < -0.3 is 5.32 Å². The minimum Gasteiger partial charge on any atom is -0.335 e. The Morgan fingerprint density at radius 2 is 2.00 bits per heavy atom. The van der Waals surface area contributed by atoms with Crippen LogP contribution in [0.5, 0.6) is 0 Å². The average molecular weight is 145 g/mol. The molecular weight excluding hydrogens is 130 g/mol. The third-order valence-corrected chi connectivity index (χ3v) is 1.05. The molecule has 0 saturated carbocycles. The SMILES string of the molecule is CNN(C)C(=O)NC(C)C. The van der Waals surface area contributed by atoms with Crippen molar-refractivity contribution in [2.45, 2.75) is 19.9 Å². The quantitative estimate of drug-likeness (QED) is 0.544. The fraction of sp³-hybridized carbons (Fsp3) is 0.833. The summed E-state index contributed by atoms with van der Waals surface area (Å²) >= 11 is 0. The number of nitrogens with zero attached hydrogens (tertiary/aromatic N) is 1. The fourth-order valence-electron chi connectivity index (χ4n) is 0.445. The molecule has 0 aliphatic heterocycles. The van der Waals surface area contributed by atoms with E-state index in [0.717, 1.165) is 0 Å². The van der Waals surface area contributed by atoms with Crippen LogP contribution in [0.2, 0.25) is 0 Å². The van der Waals surface area contributed by atoms with Crippen LogP contribution < -0.4 is 10.7 Å². The number of hydrogen-bond acceptors (Lipinski definition) is 2. The lowest BCUT2D eigenvalue weighted by molar-refractivity contribution is 0.191. The van der Waals surface area contributed by atoms with E-state index in [9.17, 15) is 4.79 Å². The van der Waals surface area contributed by atoms with Gasteiger partial charge in [-0.3, -0.25) is 5.01 Å². The molecule has 4 heteroatoms. The Kier molecular flexibility index (Phi) is 3.79. The topological polar surface area (TPSA) is 44.4 Å². The molecule has 4 nitrogen and oxygen atoms in total. The van der Waals surface area contributed by atoms with Gasteiger partial charge in [-0.25, -0.2) is 10.2 Å². The van der Waals surface area contributed by atoms with Gasteiger partial charge in [-0.1, -0.05) is 0 Å². The van der Waals surface area contributed by atoms with Crippen LogP contribution in [-0.2, 0) is 0 Å². The Morgan fingerprint density at radius 3 is 2.30 bits per heavy atom. The Morgan fingerprint density at radius 1 is 1.50 bits per heavy atom. The third-order valence-electron chi connectivity index (χ3n) is 1.05. The first kappa shape index (κ1) is 9.23. The lowest BCUT2D eigenvalue weighted by Gasteiger charge is -2.17. The van der Waals surface area contributed by atoms with E-state index in [1.165, 1.54) is 5.01 Å². The van der Waals surface area contributed by atoms with Crippen molar-refractivity contribution >= 4 is 6.03 Å². The molecule has 0 rings (SSSR count). The van der Waals surface area contributed by atoms with Crippen molar-refractivity contribution in [2.75, 3.05) is 14.1 Å². The fourth-order valence-corrected chi connectivity index (χ4v) is 0.445. The van der Waals surface area contributed by atoms with E-state index in [4.69, 9.17) is 0 Å². The summed E-state index contributed by atoms with van der Waals surface area (Å²) in [6, 6.07) is 0.0702. The van der Waals surface area contributed by atoms with Crippen molar-refractivity contribution in [3.63, 3.8) is 0 Å². The van der Waals surface area contributed by atoms with Crippen LogP contribution in [0.15, 0.2) is 0 Å². The van der Waals surface area contributed by atoms with E-state index in [-0.39, 0.29) is 12.1 Å². The number of carbonyl (C=O) groups is 1. The van der Waals surface area contributed by atoms with Gasteiger partial charge in [-0.05, 0) is 13.8 Å². The van der Waals surface area contributed by atoms with Crippen molar-refractivity contribution in [1.29, 1.82) is 0 Å². The zero-order chi connectivity index (χ0) is 8.15. The zero-order valence-corrected chi connectivity index (χ0v) is 6.93. The molecule has 0 aliphatic carbocycles. The van der Waals surface area contributed by atoms with E-state index in [1.54, 1.807) is 14.1 Å². The monoisotopic (exact) mass is 145 g/mol. The second-order valence-corrected chi connectivity index (χ2v) is 2.39. The second kappa shape index (κ2) is 4.11. The molecule has 2 amide bonds. The number of carbonyl (C=O) groups excluding carboxylic acids is 1. The predicted molar refractivity (Wildman–Crippen MR) is 40.5 cm³/mol. The first-order chi connectivity index (χ1) is 4.57. The standard InChI is InChI=1S/C6H15N3O/c1-5(2)8-6(10)9(4)7-3/h5,7H,1-4H3,(H,8,10). The predicted octanol–water partition coefficient (Wildman–Crippen LogP) is 0.171. The number of urea groups is 1. The molecule has 0 unspecified atom stereocenters. The largest absolute Gasteiger partial charge is 0.335 e. The summed E-state index contributed by atoms with van der Waals surface area (Å²) in [4.78, 5) is 10.9. The molecule has 0 fully saturated rings. The number of hydrazine groups is 1. The highest BCUT2D eigenvalue weighted by Gasteiger charge is 2.05. The maximum atomic E-state index is 10.9. The van der Waals surface area contributed by atoms with E-state index in [0.29, 0.717) is 0 Å². The second-order valence-electron chi connectivity index (χ2n) is 2.39. The van der Waals surface area contributed by atoms with Crippen LogP contribution in [-0.4, -0.2) is 31.2 Å². The van der Waals surface area contributed by atoms with Gasteiger partial charge in [0.25, 0.3) is 0 Å². The molecule has 0 aromatic heterocycles. The first-order valence-electron chi connectivity index (χ1n) is 3.29. The van der Waals surface area contributed by atoms with Crippen LogP contribution in [0, 0.1) is 0 Å². The zero-order valence-electron chi connectivity index (χ0n) is 6.93. The molecule has 0 atom stereocenters. The van der Waals surface area contributed by atoms with Gasteiger partial charge in [0.05, 0.1) is 0 Å². The highest BCUT2D eigenvalue weighted by Crippen LogP contribution is 1.80. The van der Waals surface area contributed by atoms with Crippen LogP contribution >= 0.6 is 0 Å². The lowest BCUT2D eigenvalue weighted by Crippen LogP contribution is -2.46. The molecule has 0 saturated heterocycles. The van der Waals surface area contributed by atoms with Crippen molar-refractivity contribution < 1.29 is 4.79 Å². The van der Waals surface area contributed by atoms with E-state index in [2.05, 4.69) is 10.7 Å². The molecular formula is C6H15N3O. The normalized spacial score (nSPS) is 9.70. The Balaban J connectivity index is 3.62. The average Bonchev–Trinajstić information content (AvgIpc) is 1.85. The van der Waals surface area contributed by atoms with Crippen molar-refractivity contribution in [1.82, 2.24) is 15.8 Å². The van der Waals surface area contributed by atoms with Gasteiger partial charge in [-0.2, -0.15) is 0 Å². The van der Waals surface area contributed by atoms with Crippen LogP contribution in [0.1, 0.15) is 13.8 Å². The number of amides is 2. The number of nitrogens with one attached hydrogen (secondary N) is 2. The summed E-state index contributed by atoms with van der Waals surface area (Å²) in [6.07, 6.45) is 0. The lowest BCUT2D eigenvalue weighted by atomic mass is 10.4. The Hall–Kier alpha value is -0.770. The molecule has 0 aliphatic rings. The van der Waals surface area contributed by atoms with Gasteiger partial charge in [-0.15, -0.1) is 0 Å². The van der Waals surface area contributed by atoms with E-state index in [1.807, 2.05) is 13.8 Å². The molecule has 10 heavy (non-hydrogen) atoms. The van der Waals surface area contributed by atoms with Crippen molar-refractivity contribution in [3.8, 4) is 0 Å². The van der Waals surface area contributed by atoms with Gasteiger partial charge in [0.1, 0.15) is 0 Å². The maximum absolute atomic E-state index is 10.9. The number of hydrogen-bond donors (Lipinski definition) is 2. The summed E-state index contributed by atoms with van der Waals surface area (Å²) in [6.45, 7) is 3.84. The van der Waals surface area contributed by atoms with Crippen LogP contribution in [0.25, 0.3) is 0 Å². The van der Waals surface area contributed by atoms with Crippen LogP contribution in [0.4, 0.5) is 4.79 Å². The molecule has 60 valence electrons. The van der Waals surface area contributed by atoms with Crippen LogP contribution in [0.3, 0.4) is 0 Å². The summed E-state index contributed by atoms with van der Waals surface area (Å²) in [5.74, 6) is 0. The first-order valence-corrected chi connectivity index (χ1v) is 3.29. The summed E-state index contributed by atoms with van der Waals surface area (Å²) < 4.78 is 0. The summed E-state index contributed by atoms with van der Waals surface area (Å²) in [5, 5.41) is 4.11. The maximum Gasteiger partial charge on any atom is 0.331 e. The molecule has 0 aromatic carbocycles. The van der Waals surface area contributed by atoms with E-state index >= 15 is 0 Å². The number of rotatable bonds is 2. The van der Waals surface area contributed by atoms with Crippen molar-refractivity contribution in [2.24, 2.45) is 0 Å². The molecule has 0 heterocycles. The highest BCUT2D eigenvalue weighted by atomic mass is 16.2. The third kappa shape index (κ3) is 3.29. The molecule has 0 radical (unpaired) electrons. The highest BCUT2D eigenvalue weighted by molar-refractivity contribution is 5.73. The van der Waals surface area contributed by atoms with Gasteiger partial charge in [0, 0.05) is 20.1 Å². The van der Waals surface area contributed by atoms with E-state index < -0.39 is 0 Å². The molecule has 0 aromatic rings. The summed E-state index contributed by atoms with van der Waals surface area (Å²) in [5.41, 5.74) is 2.69. The Labute approximate surface area is 61.6 Å². The minimum atomic E-state index is -0.113. The molecule has 2 N–H and O–H groups in total. The van der Waals surface area contributed by atoms with Gasteiger partial charge in [0.15, 0.2) is 0 Å². The smallest absolute Gasteiger partial charge is 0.331 e. The molecule has 0 spiro atoms.